The molecule has 1 aromatic heterocycles. The van der Waals surface area contributed by atoms with Crippen LogP contribution in [0.5, 0.6) is 0 Å². The standard InChI is InChI=1S/C11H21N5OS/c1-9(2)12-6-4-10-8-16(15-14-10)7-3-5-13-11(17)18/h8-9,12H,3-7H2,1-2H3,(H2,13,17,18). The highest BCUT2D eigenvalue weighted by Crippen LogP contribution is 1.95. The molecule has 1 amide bonds. The monoisotopic (exact) mass is 271 g/mol. The van der Waals surface area contributed by atoms with Gasteiger partial charge in [-0.1, -0.05) is 31.7 Å². The quantitative estimate of drug-likeness (QED) is 0.484. The third kappa shape index (κ3) is 6.61. The number of nitrogens with one attached hydrogen (secondary N) is 2. The molecule has 0 radical (unpaired) electrons. The van der Waals surface area contributed by atoms with Crippen LogP contribution in [0, 0.1) is 0 Å². The van der Waals surface area contributed by atoms with E-state index in [1.165, 1.54) is 0 Å². The summed E-state index contributed by atoms with van der Waals surface area (Å²) < 4.78 is 1.80. The average Bonchev–Trinajstić information content (AvgIpc) is 2.72. The first-order chi connectivity index (χ1) is 8.58. The van der Waals surface area contributed by atoms with Gasteiger partial charge < -0.3 is 10.6 Å². The second kappa shape index (κ2) is 8.10. The van der Waals surface area contributed by atoms with Gasteiger partial charge in [0.1, 0.15) is 0 Å². The van der Waals surface area contributed by atoms with E-state index < -0.39 is 0 Å². The van der Waals surface area contributed by atoms with Crippen LogP contribution in [0.25, 0.3) is 0 Å². The summed E-state index contributed by atoms with van der Waals surface area (Å²) in [7, 11) is 0. The van der Waals surface area contributed by atoms with Gasteiger partial charge in [0.25, 0.3) is 5.24 Å². The molecule has 1 heterocycles. The number of carbonyl (C=O) groups is 1. The Balaban J connectivity index is 2.19. The van der Waals surface area contributed by atoms with Crippen LogP contribution in [0.2, 0.25) is 0 Å². The number of aryl methyl sites for hydroxylation is 1. The molecule has 0 aromatic carbocycles. The van der Waals surface area contributed by atoms with Crippen LogP contribution in [-0.4, -0.2) is 39.4 Å². The molecule has 1 rings (SSSR count). The van der Waals surface area contributed by atoms with Gasteiger partial charge in [-0.15, -0.1) is 5.10 Å². The second-order valence-electron chi connectivity index (χ2n) is 4.42. The zero-order chi connectivity index (χ0) is 13.4. The van der Waals surface area contributed by atoms with Crippen LogP contribution in [0.15, 0.2) is 6.20 Å². The lowest BCUT2D eigenvalue weighted by Crippen LogP contribution is -2.25. The Morgan fingerprint density at radius 3 is 2.94 bits per heavy atom. The van der Waals surface area contributed by atoms with Crippen molar-refractivity contribution in [2.75, 3.05) is 13.1 Å². The van der Waals surface area contributed by atoms with Crippen LogP contribution in [0.1, 0.15) is 26.0 Å². The Hall–Kier alpha value is -1.08. The van der Waals surface area contributed by atoms with E-state index in [0.717, 1.165) is 31.6 Å². The Kier molecular flexibility index (Phi) is 6.74. The van der Waals surface area contributed by atoms with Crippen LogP contribution in [0.3, 0.4) is 0 Å². The summed E-state index contributed by atoms with van der Waals surface area (Å²) in [5, 5.41) is 13.8. The Morgan fingerprint density at radius 2 is 2.28 bits per heavy atom. The van der Waals surface area contributed by atoms with E-state index in [2.05, 4.69) is 47.4 Å². The number of thiol groups is 1. The third-order valence-corrected chi connectivity index (χ3v) is 2.52. The molecule has 0 atom stereocenters. The van der Waals surface area contributed by atoms with Crippen molar-refractivity contribution in [1.82, 2.24) is 25.6 Å². The molecular formula is C11H21N5OS. The van der Waals surface area contributed by atoms with Gasteiger partial charge in [0.2, 0.25) is 0 Å². The molecule has 7 heteroatoms. The molecule has 0 aliphatic carbocycles. The molecule has 0 fully saturated rings. The number of carbonyl (C=O) groups excluding carboxylic acids is 1. The molecule has 0 aliphatic rings. The van der Waals surface area contributed by atoms with Crippen molar-refractivity contribution in [1.29, 1.82) is 0 Å². The van der Waals surface area contributed by atoms with Crippen molar-refractivity contribution in [3.63, 3.8) is 0 Å². The fraction of sp³-hybridized carbons (Fsp3) is 0.727. The minimum absolute atomic E-state index is 0.297. The smallest absolute Gasteiger partial charge is 0.275 e. The largest absolute Gasteiger partial charge is 0.347 e. The maximum absolute atomic E-state index is 10.5. The average molecular weight is 271 g/mol. The Bertz CT molecular complexity index is 366. The zero-order valence-corrected chi connectivity index (χ0v) is 11.8. The molecule has 0 bridgehead atoms. The fourth-order valence-electron chi connectivity index (χ4n) is 1.49. The van der Waals surface area contributed by atoms with Crippen molar-refractivity contribution in [2.24, 2.45) is 0 Å². The van der Waals surface area contributed by atoms with E-state index in [9.17, 15) is 4.79 Å². The lowest BCUT2D eigenvalue weighted by Gasteiger charge is -2.05. The van der Waals surface area contributed by atoms with Gasteiger partial charge in [-0.3, -0.25) is 9.48 Å². The SMILES string of the molecule is CC(C)NCCc1cn(CCCNC(=O)S)nn1. The fourth-order valence-corrected chi connectivity index (χ4v) is 1.60. The normalized spacial score (nSPS) is 10.9. The van der Waals surface area contributed by atoms with E-state index in [0.29, 0.717) is 12.6 Å². The Labute approximate surface area is 113 Å². The van der Waals surface area contributed by atoms with Crippen LogP contribution in [-0.2, 0) is 13.0 Å². The van der Waals surface area contributed by atoms with E-state index >= 15 is 0 Å². The lowest BCUT2D eigenvalue weighted by molar-refractivity contribution is 0.260. The van der Waals surface area contributed by atoms with Gasteiger partial charge in [0, 0.05) is 38.3 Å². The molecule has 2 N–H and O–H groups in total. The summed E-state index contributed by atoms with van der Waals surface area (Å²) in [6, 6.07) is 0.491. The second-order valence-corrected chi connectivity index (χ2v) is 4.82. The number of hydrogen-bond donors (Lipinski definition) is 3. The number of amides is 1. The molecule has 102 valence electrons. The van der Waals surface area contributed by atoms with Crippen molar-refractivity contribution in [3.8, 4) is 0 Å². The molecule has 0 aliphatic heterocycles. The first-order valence-electron chi connectivity index (χ1n) is 6.17. The van der Waals surface area contributed by atoms with E-state index in [4.69, 9.17) is 0 Å². The number of hydrogen-bond acceptors (Lipinski definition) is 4. The molecular weight excluding hydrogens is 250 g/mol. The van der Waals surface area contributed by atoms with Crippen molar-refractivity contribution >= 4 is 17.9 Å². The molecule has 0 saturated carbocycles. The number of nitrogens with zero attached hydrogens (tertiary/aromatic N) is 3. The molecule has 1 aromatic rings. The van der Waals surface area contributed by atoms with Crippen LogP contribution < -0.4 is 10.6 Å². The summed E-state index contributed by atoms with van der Waals surface area (Å²) in [4.78, 5) is 10.5. The predicted molar refractivity (Wildman–Crippen MR) is 73.9 cm³/mol. The third-order valence-electron chi connectivity index (χ3n) is 2.36. The highest BCUT2D eigenvalue weighted by atomic mass is 32.1. The molecule has 0 spiro atoms. The summed E-state index contributed by atoms with van der Waals surface area (Å²) in [5.41, 5.74) is 0.987. The molecule has 0 saturated heterocycles. The first kappa shape index (κ1) is 15.0. The number of rotatable bonds is 8. The highest BCUT2D eigenvalue weighted by Gasteiger charge is 2.01. The van der Waals surface area contributed by atoms with Gasteiger partial charge >= 0.3 is 0 Å². The summed E-state index contributed by atoms with van der Waals surface area (Å²) in [6.45, 7) is 6.50. The minimum Gasteiger partial charge on any atom is -0.347 e. The van der Waals surface area contributed by atoms with Gasteiger partial charge in [-0.05, 0) is 6.42 Å². The predicted octanol–water partition coefficient (Wildman–Crippen LogP) is 0.848. The topological polar surface area (TPSA) is 71.8 Å². The number of aromatic nitrogens is 3. The van der Waals surface area contributed by atoms with Crippen LogP contribution in [0.4, 0.5) is 4.79 Å². The maximum Gasteiger partial charge on any atom is 0.275 e. The summed E-state index contributed by atoms with van der Waals surface area (Å²) in [6.07, 6.45) is 3.65. The van der Waals surface area contributed by atoms with Crippen molar-refractivity contribution in [2.45, 2.75) is 39.3 Å². The van der Waals surface area contributed by atoms with Crippen molar-refractivity contribution in [3.05, 3.63) is 11.9 Å². The molecule has 6 nitrogen and oxygen atoms in total. The lowest BCUT2D eigenvalue weighted by atomic mass is 10.3. The van der Waals surface area contributed by atoms with E-state index in [1.807, 2.05) is 6.20 Å². The Morgan fingerprint density at radius 1 is 1.50 bits per heavy atom. The van der Waals surface area contributed by atoms with Gasteiger partial charge in [-0.25, -0.2) is 0 Å². The van der Waals surface area contributed by atoms with Crippen LogP contribution >= 0.6 is 12.6 Å². The van der Waals surface area contributed by atoms with Gasteiger partial charge in [0.05, 0.1) is 5.69 Å². The van der Waals surface area contributed by atoms with Crippen molar-refractivity contribution < 1.29 is 4.79 Å². The highest BCUT2D eigenvalue weighted by molar-refractivity contribution is 7.96. The summed E-state index contributed by atoms with van der Waals surface area (Å²) in [5.74, 6) is 0. The minimum atomic E-state index is -0.297. The van der Waals surface area contributed by atoms with Gasteiger partial charge in [-0.2, -0.15) is 0 Å². The van der Waals surface area contributed by atoms with E-state index in [1.54, 1.807) is 4.68 Å². The molecule has 18 heavy (non-hydrogen) atoms. The first-order valence-corrected chi connectivity index (χ1v) is 6.62. The maximum atomic E-state index is 10.5. The van der Waals surface area contributed by atoms with E-state index in [-0.39, 0.29) is 5.24 Å². The summed E-state index contributed by atoms with van der Waals surface area (Å²) >= 11 is 3.63. The van der Waals surface area contributed by atoms with Gasteiger partial charge in [0.15, 0.2) is 0 Å². The molecule has 0 unspecified atom stereocenters. The zero-order valence-electron chi connectivity index (χ0n) is 10.9.